The number of fused-ring (bicyclic) bond motifs is 1. The Hall–Kier alpha value is -1.87. The number of nitrogens with zero attached hydrogens (tertiary/aromatic N) is 2. The molecule has 0 spiro atoms. The maximum absolute atomic E-state index is 4.40. The molecule has 0 bridgehead atoms. The monoisotopic (exact) mass is 267 g/mol. The second-order valence-electron chi connectivity index (χ2n) is 5.29. The minimum absolute atomic E-state index is 0.821. The fourth-order valence-corrected chi connectivity index (χ4v) is 2.87. The van der Waals surface area contributed by atoms with Gasteiger partial charge in [-0.2, -0.15) is 0 Å². The Morgan fingerprint density at radius 3 is 2.45 bits per heavy atom. The number of benzene rings is 1. The first-order chi connectivity index (χ1) is 9.86. The first-order valence-corrected chi connectivity index (χ1v) is 7.28. The second kappa shape index (κ2) is 6.06. The number of pyridine rings is 1. The zero-order chi connectivity index (χ0) is 13.8. The van der Waals surface area contributed by atoms with Crippen molar-refractivity contribution in [3.8, 4) is 0 Å². The summed E-state index contributed by atoms with van der Waals surface area (Å²) < 4.78 is 0. The molecule has 1 aliphatic heterocycles. The SMILES string of the molecule is CNCc1cc(N2CCc3ccccc3CC2)ccn1. The van der Waals surface area contributed by atoms with E-state index in [2.05, 4.69) is 51.6 Å². The normalized spacial score (nSPS) is 14.8. The Morgan fingerprint density at radius 2 is 1.80 bits per heavy atom. The predicted octanol–water partition coefficient (Wildman–Crippen LogP) is 2.41. The van der Waals surface area contributed by atoms with Crippen LogP contribution in [0.4, 0.5) is 5.69 Å². The van der Waals surface area contributed by atoms with E-state index in [9.17, 15) is 0 Å². The van der Waals surface area contributed by atoms with Crippen LogP contribution in [0.1, 0.15) is 16.8 Å². The first kappa shape index (κ1) is 13.1. The smallest absolute Gasteiger partial charge is 0.0562 e. The van der Waals surface area contributed by atoms with Crippen LogP contribution < -0.4 is 10.2 Å². The van der Waals surface area contributed by atoms with Crippen molar-refractivity contribution in [3.05, 3.63) is 59.4 Å². The van der Waals surface area contributed by atoms with Crippen LogP contribution in [0, 0.1) is 0 Å². The van der Waals surface area contributed by atoms with Crippen LogP contribution in [0.25, 0.3) is 0 Å². The Bertz CT molecular complexity index is 553. The lowest BCUT2D eigenvalue weighted by atomic mass is 10.0. The van der Waals surface area contributed by atoms with E-state index in [1.54, 1.807) is 0 Å². The van der Waals surface area contributed by atoms with Crippen molar-refractivity contribution in [2.45, 2.75) is 19.4 Å². The van der Waals surface area contributed by atoms with Crippen molar-refractivity contribution in [2.24, 2.45) is 0 Å². The zero-order valence-electron chi connectivity index (χ0n) is 12.0. The summed E-state index contributed by atoms with van der Waals surface area (Å²) in [4.78, 5) is 6.87. The highest BCUT2D eigenvalue weighted by atomic mass is 15.1. The highest BCUT2D eigenvalue weighted by molar-refractivity contribution is 5.48. The molecule has 0 amide bonds. The molecular weight excluding hydrogens is 246 g/mol. The number of hydrogen-bond acceptors (Lipinski definition) is 3. The summed E-state index contributed by atoms with van der Waals surface area (Å²) in [5.74, 6) is 0. The third-order valence-corrected chi connectivity index (χ3v) is 3.94. The molecule has 0 aliphatic carbocycles. The van der Waals surface area contributed by atoms with Crippen molar-refractivity contribution in [2.75, 3.05) is 25.0 Å². The molecule has 3 rings (SSSR count). The minimum atomic E-state index is 0.821. The van der Waals surface area contributed by atoms with Crippen molar-refractivity contribution in [1.82, 2.24) is 10.3 Å². The molecule has 2 aromatic rings. The summed E-state index contributed by atoms with van der Waals surface area (Å²) in [6.07, 6.45) is 4.17. The molecule has 1 N–H and O–H groups in total. The topological polar surface area (TPSA) is 28.2 Å². The summed E-state index contributed by atoms with van der Waals surface area (Å²) in [5.41, 5.74) is 5.39. The van der Waals surface area contributed by atoms with Crippen LogP contribution in [-0.4, -0.2) is 25.1 Å². The van der Waals surface area contributed by atoms with Crippen molar-refractivity contribution in [3.63, 3.8) is 0 Å². The molecule has 1 aromatic heterocycles. The lowest BCUT2D eigenvalue weighted by molar-refractivity contribution is 0.778. The van der Waals surface area contributed by atoms with Gasteiger partial charge in [-0.3, -0.25) is 4.98 Å². The van der Waals surface area contributed by atoms with Crippen molar-refractivity contribution in [1.29, 1.82) is 0 Å². The van der Waals surface area contributed by atoms with Gasteiger partial charge in [0.1, 0.15) is 0 Å². The molecule has 20 heavy (non-hydrogen) atoms. The molecule has 3 heteroatoms. The van der Waals surface area contributed by atoms with E-state index in [0.29, 0.717) is 0 Å². The Balaban J connectivity index is 1.78. The molecule has 1 aromatic carbocycles. The van der Waals surface area contributed by atoms with E-state index in [1.165, 1.54) is 16.8 Å². The van der Waals surface area contributed by atoms with Crippen LogP contribution in [0.5, 0.6) is 0 Å². The third kappa shape index (κ3) is 2.83. The van der Waals surface area contributed by atoms with Crippen LogP contribution in [0.2, 0.25) is 0 Å². The predicted molar refractivity (Wildman–Crippen MR) is 83.1 cm³/mol. The molecule has 0 atom stereocenters. The molecular formula is C17H21N3. The van der Waals surface area contributed by atoms with E-state index < -0.39 is 0 Å². The standard InChI is InChI=1S/C17H21N3/c1-18-13-16-12-17(6-9-19-16)20-10-7-14-4-2-3-5-15(14)8-11-20/h2-6,9,12,18H,7-8,10-11,13H2,1H3. The van der Waals surface area contributed by atoms with E-state index in [1.807, 2.05) is 13.2 Å². The molecule has 3 nitrogen and oxygen atoms in total. The van der Waals surface area contributed by atoms with Crippen molar-refractivity contribution >= 4 is 5.69 Å². The van der Waals surface area contributed by atoms with Crippen LogP contribution in [0.15, 0.2) is 42.6 Å². The zero-order valence-corrected chi connectivity index (χ0v) is 12.0. The average molecular weight is 267 g/mol. The molecule has 0 fully saturated rings. The van der Waals surface area contributed by atoms with Gasteiger partial charge in [-0.1, -0.05) is 24.3 Å². The number of hydrogen-bond donors (Lipinski definition) is 1. The van der Waals surface area contributed by atoms with E-state index in [-0.39, 0.29) is 0 Å². The van der Waals surface area contributed by atoms with Crippen LogP contribution >= 0.6 is 0 Å². The Morgan fingerprint density at radius 1 is 1.10 bits per heavy atom. The summed E-state index contributed by atoms with van der Waals surface area (Å²) in [6.45, 7) is 2.99. The highest BCUT2D eigenvalue weighted by Crippen LogP contribution is 2.21. The van der Waals surface area contributed by atoms with Gasteiger partial charge in [0.25, 0.3) is 0 Å². The van der Waals surface area contributed by atoms with Gasteiger partial charge in [0, 0.05) is 31.5 Å². The van der Waals surface area contributed by atoms with E-state index >= 15 is 0 Å². The van der Waals surface area contributed by atoms with E-state index in [0.717, 1.165) is 38.2 Å². The van der Waals surface area contributed by atoms with Gasteiger partial charge in [-0.25, -0.2) is 0 Å². The Kier molecular flexibility index (Phi) is 3.97. The minimum Gasteiger partial charge on any atom is -0.371 e. The molecule has 104 valence electrons. The van der Waals surface area contributed by atoms with Gasteiger partial charge in [0.05, 0.1) is 5.69 Å². The van der Waals surface area contributed by atoms with Gasteiger partial charge in [0.2, 0.25) is 0 Å². The first-order valence-electron chi connectivity index (χ1n) is 7.28. The van der Waals surface area contributed by atoms with Gasteiger partial charge in [-0.15, -0.1) is 0 Å². The van der Waals surface area contributed by atoms with Gasteiger partial charge >= 0.3 is 0 Å². The average Bonchev–Trinajstić information content (AvgIpc) is 2.70. The fraction of sp³-hybridized carbons (Fsp3) is 0.353. The quantitative estimate of drug-likeness (QED) is 0.925. The van der Waals surface area contributed by atoms with Gasteiger partial charge < -0.3 is 10.2 Å². The molecule has 1 aliphatic rings. The second-order valence-corrected chi connectivity index (χ2v) is 5.29. The Labute approximate surface area is 120 Å². The molecule has 0 unspecified atom stereocenters. The lowest BCUT2D eigenvalue weighted by Gasteiger charge is -2.23. The molecule has 0 radical (unpaired) electrons. The maximum Gasteiger partial charge on any atom is 0.0562 e. The van der Waals surface area contributed by atoms with Gasteiger partial charge in [-0.05, 0) is 43.1 Å². The highest BCUT2D eigenvalue weighted by Gasteiger charge is 2.14. The number of nitrogens with one attached hydrogen (secondary N) is 1. The van der Waals surface area contributed by atoms with Gasteiger partial charge in [0.15, 0.2) is 0 Å². The van der Waals surface area contributed by atoms with Crippen LogP contribution in [-0.2, 0) is 19.4 Å². The van der Waals surface area contributed by atoms with Crippen molar-refractivity contribution < 1.29 is 0 Å². The molecule has 0 saturated carbocycles. The van der Waals surface area contributed by atoms with E-state index in [4.69, 9.17) is 0 Å². The number of rotatable bonds is 3. The molecule has 0 saturated heterocycles. The fourth-order valence-electron chi connectivity index (χ4n) is 2.87. The lowest BCUT2D eigenvalue weighted by Crippen LogP contribution is -2.26. The van der Waals surface area contributed by atoms with Crippen LogP contribution in [0.3, 0.4) is 0 Å². The number of anilines is 1. The summed E-state index contributed by atoms with van der Waals surface area (Å²) in [6, 6.07) is 13.1. The molecule has 2 heterocycles. The maximum atomic E-state index is 4.40. The third-order valence-electron chi connectivity index (χ3n) is 3.94. The summed E-state index contributed by atoms with van der Waals surface area (Å²) in [7, 11) is 1.96. The number of aromatic nitrogens is 1. The summed E-state index contributed by atoms with van der Waals surface area (Å²) >= 11 is 0. The summed E-state index contributed by atoms with van der Waals surface area (Å²) in [5, 5.41) is 3.16. The largest absolute Gasteiger partial charge is 0.371 e.